The van der Waals surface area contributed by atoms with Gasteiger partial charge in [0.1, 0.15) is 0 Å². The molecule has 6 nitrogen and oxygen atoms in total. The minimum atomic E-state index is 0.888. The Balaban J connectivity index is 1.25. The molecule has 7 aromatic rings. The van der Waals surface area contributed by atoms with Gasteiger partial charge in [-0.1, -0.05) is 142 Å². The number of benzene rings is 3. The second kappa shape index (κ2) is 17.7. The van der Waals surface area contributed by atoms with Crippen molar-refractivity contribution in [2.75, 3.05) is 0 Å². The molecule has 4 aromatic heterocycles. The van der Waals surface area contributed by atoms with Crippen LogP contribution in [0.4, 0.5) is 0 Å². The van der Waals surface area contributed by atoms with E-state index >= 15 is 0 Å². The normalized spacial score (nSPS) is 12.3. The highest BCUT2D eigenvalue weighted by molar-refractivity contribution is 5.91. The summed E-state index contributed by atoms with van der Waals surface area (Å²) in [6.45, 7) is 6.86. The molecule has 4 heterocycles. The fourth-order valence-electron chi connectivity index (χ4n) is 8.35. The average molecular weight is 699 g/mol. The van der Waals surface area contributed by atoms with E-state index in [1.165, 1.54) is 139 Å². The largest absolute Gasteiger partial charge is 0.247 e. The van der Waals surface area contributed by atoms with Crippen LogP contribution in [-0.4, -0.2) is 28.2 Å². The van der Waals surface area contributed by atoms with Crippen molar-refractivity contribution < 1.29 is 0 Å². The molecular weight excluding hydrogens is 637 g/mol. The van der Waals surface area contributed by atoms with Crippen molar-refractivity contribution in [1.29, 1.82) is 0 Å². The van der Waals surface area contributed by atoms with E-state index in [9.17, 15) is 0 Å². The van der Waals surface area contributed by atoms with E-state index < -0.39 is 0 Å². The Bertz CT molecular complexity index is 2190. The molecule has 0 radical (unpaired) electrons. The molecule has 52 heavy (non-hydrogen) atoms. The minimum absolute atomic E-state index is 0.888. The van der Waals surface area contributed by atoms with Crippen LogP contribution in [0.25, 0.3) is 50.4 Å². The lowest BCUT2D eigenvalue weighted by Gasteiger charge is -2.06. The maximum Gasteiger partial charge on any atom is 0.225 e. The fourth-order valence-corrected chi connectivity index (χ4v) is 8.35. The summed E-state index contributed by atoms with van der Waals surface area (Å²) >= 11 is 0. The third kappa shape index (κ3) is 8.01. The molecule has 0 amide bonds. The Morgan fingerprint density at radius 1 is 0.346 bits per heavy atom. The molecule has 0 bridgehead atoms. The molecule has 0 N–H and O–H groups in total. The molecule has 0 fully saturated rings. The highest BCUT2D eigenvalue weighted by Crippen LogP contribution is 2.30. The van der Waals surface area contributed by atoms with Gasteiger partial charge in [0, 0.05) is 0 Å². The molecule has 0 saturated carbocycles. The van der Waals surface area contributed by atoms with E-state index in [1.54, 1.807) is 0 Å². The third-order valence-corrected chi connectivity index (χ3v) is 11.4. The quantitative estimate of drug-likeness (QED) is 0.0662. The SMILES string of the molecule is CCCCCCCCCc1ccc2c(c1)nc1n3c4ccc(CCCCCCCC)cc4nc3n3c4ccc(CCCCCCCC)cc4nc3n21. The average Bonchev–Trinajstić information content (AvgIpc) is 3.84. The van der Waals surface area contributed by atoms with Crippen LogP contribution in [0.15, 0.2) is 54.6 Å². The molecular formula is C46H62N6. The van der Waals surface area contributed by atoms with E-state index in [0.717, 1.165) is 69.7 Å². The third-order valence-electron chi connectivity index (χ3n) is 11.4. The van der Waals surface area contributed by atoms with Crippen molar-refractivity contribution in [2.45, 2.75) is 162 Å². The lowest BCUT2D eigenvalue weighted by atomic mass is 10.0. The van der Waals surface area contributed by atoms with Crippen molar-refractivity contribution >= 4 is 50.4 Å². The molecule has 0 atom stereocenters. The molecule has 0 spiro atoms. The number of hydrogen-bond acceptors (Lipinski definition) is 3. The molecule has 7 rings (SSSR count). The summed E-state index contributed by atoms with van der Waals surface area (Å²) in [6, 6.07) is 20.7. The second-order valence-electron chi connectivity index (χ2n) is 15.6. The molecule has 6 heteroatoms. The number of imidazole rings is 3. The first-order chi connectivity index (χ1) is 25.7. The summed E-state index contributed by atoms with van der Waals surface area (Å²) in [4.78, 5) is 16.1. The van der Waals surface area contributed by atoms with Gasteiger partial charge in [-0.15, -0.1) is 0 Å². The Morgan fingerprint density at radius 3 is 0.904 bits per heavy atom. The molecule has 0 aliphatic heterocycles. The van der Waals surface area contributed by atoms with Crippen molar-refractivity contribution in [2.24, 2.45) is 0 Å². The molecule has 0 aliphatic rings. The lowest BCUT2D eigenvalue weighted by molar-refractivity contribution is 0.589. The Morgan fingerprint density at radius 2 is 0.615 bits per heavy atom. The fraction of sp³-hybridized carbons (Fsp3) is 0.543. The van der Waals surface area contributed by atoms with Gasteiger partial charge in [0.15, 0.2) is 0 Å². The first-order valence-corrected chi connectivity index (χ1v) is 21.3. The summed E-state index contributed by atoms with van der Waals surface area (Å²) in [5, 5.41) is 0. The molecule has 276 valence electrons. The smallest absolute Gasteiger partial charge is 0.225 e. The van der Waals surface area contributed by atoms with E-state index in [-0.39, 0.29) is 0 Å². The van der Waals surface area contributed by atoms with Crippen LogP contribution in [0.2, 0.25) is 0 Å². The maximum atomic E-state index is 5.35. The number of hydrogen-bond donors (Lipinski definition) is 0. The van der Waals surface area contributed by atoms with Gasteiger partial charge in [0.2, 0.25) is 17.3 Å². The zero-order valence-electron chi connectivity index (χ0n) is 32.4. The number of aromatic nitrogens is 6. The van der Waals surface area contributed by atoms with Crippen LogP contribution in [-0.2, 0) is 19.3 Å². The topological polar surface area (TPSA) is 51.9 Å². The molecule has 0 saturated heterocycles. The summed E-state index contributed by atoms with van der Waals surface area (Å²) in [7, 11) is 0. The number of rotatable bonds is 22. The highest BCUT2D eigenvalue weighted by Gasteiger charge is 2.21. The van der Waals surface area contributed by atoms with Crippen molar-refractivity contribution in [3.8, 4) is 0 Å². The van der Waals surface area contributed by atoms with Gasteiger partial charge in [0.25, 0.3) is 0 Å². The number of nitrogens with zero attached hydrogens (tertiary/aromatic N) is 6. The van der Waals surface area contributed by atoms with Gasteiger partial charge < -0.3 is 0 Å². The summed E-state index contributed by atoms with van der Waals surface area (Å²) in [6.07, 6.45) is 28.3. The Hall–Kier alpha value is -3.93. The van der Waals surface area contributed by atoms with Crippen LogP contribution in [0.1, 0.15) is 159 Å². The van der Waals surface area contributed by atoms with Crippen LogP contribution in [0.3, 0.4) is 0 Å². The second-order valence-corrected chi connectivity index (χ2v) is 15.6. The number of fused-ring (bicyclic) bond motifs is 12. The molecule has 3 aromatic carbocycles. The number of aryl methyl sites for hydroxylation is 3. The van der Waals surface area contributed by atoms with Gasteiger partial charge in [-0.25, -0.2) is 28.2 Å². The van der Waals surface area contributed by atoms with Crippen LogP contribution in [0, 0.1) is 0 Å². The van der Waals surface area contributed by atoms with Crippen molar-refractivity contribution in [1.82, 2.24) is 28.2 Å². The standard InChI is InChI=1S/C46H62N6/c1-4-7-10-13-16-19-22-25-37-28-31-43-40(34-37)49-46-51-42-30-27-36(24-21-18-15-12-9-6-3)33-39(42)47-44(51)50-41-29-26-35(23-20-17-14-11-8-5-2)32-38(41)48-45(50)52(43)46/h26-34H,4-25H2,1-3H3. The van der Waals surface area contributed by atoms with E-state index in [1.807, 2.05) is 0 Å². The predicted octanol–water partition coefficient (Wildman–Crippen LogP) is 13.2. The molecule has 0 aliphatic carbocycles. The minimum Gasteiger partial charge on any atom is -0.247 e. The Kier molecular flexibility index (Phi) is 12.4. The summed E-state index contributed by atoms with van der Waals surface area (Å²) in [5.74, 6) is 2.66. The zero-order valence-corrected chi connectivity index (χ0v) is 32.4. The summed E-state index contributed by atoms with van der Waals surface area (Å²) < 4.78 is 6.83. The predicted molar refractivity (Wildman–Crippen MR) is 221 cm³/mol. The van der Waals surface area contributed by atoms with Gasteiger partial charge in [-0.3, -0.25) is 0 Å². The van der Waals surface area contributed by atoms with Crippen molar-refractivity contribution in [3.05, 3.63) is 71.3 Å². The van der Waals surface area contributed by atoms with Crippen molar-refractivity contribution in [3.63, 3.8) is 0 Å². The first-order valence-electron chi connectivity index (χ1n) is 21.3. The van der Waals surface area contributed by atoms with E-state index in [2.05, 4.69) is 88.6 Å². The van der Waals surface area contributed by atoms with E-state index in [0.29, 0.717) is 0 Å². The van der Waals surface area contributed by atoms with Gasteiger partial charge in [0.05, 0.1) is 33.1 Å². The van der Waals surface area contributed by atoms with Crippen LogP contribution < -0.4 is 0 Å². The summed E-state index contributed by atoms with van der Waals surface area (Å²) in [5.41, 5.74) is 10.5. The van der Waals surface area contributed by atoms with Crippen LogP contribution in [0.5, 0.6) is 0 Å². The van der Waals surface area contributed by atoms with Gasteiger partial charge in [-0.05, 0) is 91.6 Å². The van der Waals surface area contributed by atoms with Crippen LogP contribution >= 0.6 is 0 Å². The number of unbranched alkanes of at least 4 members (excludes halogenated alkanes) is 16. The maximum absolute atomic E-state index is 5.35. The first kappa shape index (κ1) is 36.4. The van der Waals surface area contributed by atoms with Gasteiger partial charge in [-0.2, -0.15) is 0 Å². The Labute approximate surface area is 311 Å². The highest BCUT2D eigenvalue weighted by atomic mass is 15.3. The van der Waals surface area contributed by atoms with E-state index in [4.69, 9.17) is 15.0 Å². The van der Waals surface area contributed by atoms with Gasteiger partial charge >= 0.3 is 0 Å². The lowest BCUT2D eigenvalue weighted by Crippen LogP contribution is -2.04. The zero-order chi connectivity index (χ0) is 35.7. The molecule has 0 unspecified atom stereocenters. The monoisotopic (exact) mass is 699 g/mol.